The fraction of sp³-hybridized carbons (Fsp3) is 0.556. The van der Waals surface area contributed by atoms with Crippen LogP contribution in [0.5, 0.6) is 5.75 Å². The molecule has 1 atom stereocenters. The van der Waals surface area contributed by atoms with Gasteiger partial charge >= 0.3 is 5.97 Å². The lowest BCUT2D eigenvalue weighted by Crippen LogP contribution is -2.34. The van der Waals surface area contributed by atoms with Crippen LogP contribution in [0.1, 0.15) is 44.0 Å². The molecule has 0 N–H and O–H groups in total. The van der Waals surface area contributed by atoms with E-state index in [1.165, 1.54) is 11.8 Å². The topological polar surface area (TPSA) is 55.8 Å². The normalized spacial score (nSPS) is 17.2. The number of carbonyl (C=O) groups is 2. The molecule has 5 nitrogen and oxygen atoms in total. The van der Waals surface area contributed by atoms with Gasteiger partial charge in [0.1, 0.15) is 17.7 Å². The summed E-state index contributed by atoms with van der Waals surface area (Å²) in [7, 11) is 0. The van der Waals surface area contributed by atoms with Crippen LogP contribution in [0, 0.1) is 0 Å². The molecule has 24 heavy (non-hydrogen) atoms. The Kier molecular flexibility index (Phi) is 7.43. The van der Waals surface area contributed by atoms with Gasteiger partial charge in [0.15, 0.2) is 0 Å². The second kappa shape index (κ2) is 9.57. The van der Waals surface area contributed by atoms with Crippen molar-refractivity contribution in [1.82, 2.24) is 4.90 Å². The number of thioether (sulfide) groups is 1. The predicted octanol–water partition coefficient (Wildman–Crippen LogP) is 3.39. The summed E-state index contributed by atoms with van der Waals surface area (Å²) in [6, 6.07) is 7.66. The van der Waals surface area contributed by atoms with E-state index in [4.69, 9.17) is 9.47 Å². The number of esters is 1. The van der Waals surface area contributed by atoms with Crippen molar-refractivity contribution in [3.8, 4) is 5.75 Å². The highest BCUT2D eigenvalue weighted by Gasteiger charge is 2.36. The van der Waals surface area contributed by atoms with Crippen LogP contribution in [-0.2, 0) is 14.3 Å². The van der Waals surface area contributed by atoms with Gasteiger partial charge in [0.2, 0.25) is 5.91 Å². The Morgan fingerprint density at radius 2 is 2.08 bits per heavy atom. The molecule has 1 aliphatic rings. The third-order valence-corrected chi connectivity index (χ3v) is 5.00. The van der Waals surface area contributed by atoms with E-state index in [0.29, 0.717) is 19.0 Å². The minimum atomic E-state index is -0.346. The van der Waals surface area contributed by atoms with Gasteiger partial charge in [-0.25, -0.2) is 0 Å². The maximum Gasteiger partial charge on any atom is 0.325 e. The van der Waals surface area contributed by atoms with Crippen LogP contribution >= 0.6 is 11.8 Å². The molecule has 1 saturated heterocycles. The monoisotopic (exact) mass is 351 g/mol. The summed E-state index contributed by atoms with van der Waals surface area (Å²) in [6.45, 7) is 4.99. The molecule has 132 valence electrons. The first-order valence-corrected chi connectivity index (χ1v) is 9.50. The molecule has 1 aromatic rings. The lowest BCUT2D eigenvalue weighted by Gasteiger charge is -2.24. The number of rotatable bonds is 9. The van der Waals surface area contributed by atoms with Crippen LogP contribution in [-0.4, -0.2) is 42.3 Å². The fourth-order valence-corrected chi connectivity index (χ4v) is 3.79. The summed E-state index contributed by atoms with van der Waals surface area (Å²) >= 11 is 1.51. The zero-order valence-electron chi connectivity index (χ0n) is 14.3. The number of hydrogen-bond donors (Lipinski definition) is 0. The van der Waals surface area contributed by atoms with E-state index in [9.17, 15) is 9.59 Å². The van der Waals surface area contributed by atoms with Crippen molar-refractivity contribution in [2.24, 2.45) is 0 Å². The van der Waals surface area contributed by atoms with Gasteiger partial charge in [-0.1, -0.05) is 38.0 Å². The van der Waals surface area contributed by atoms with Crippen LogP contribution in [0.15, 0.2) is 24.3 Å². The fourth-order valence-electron chi connectivity index (χ4n) is 2.58. The summed E-state index contributed by atoms with van der Waals surface area (Å²) < 4.78 is 10.9. The maximum absolute atomic E-state index is 12.2. The lowest BCUT2D eigenvalue weighted by molar-refractivity contribution is -0.148. The quantitative estimate of drug-likeness (QED) is 0.504. The van der Waals surface area contributed by atoms with Gasteiger partial charge in [-0.3, -0.25) is 9.59 Å². The summed E-state index contributed by atoms with van der Waals surface area (Å²) in [5.74, 6) is 0.741. The third-order valence-electron chi connectivity index (χ3n) is 3.76. The Labute approximate surface area is 147 Å². The number of carbonyl (C=O) groups excluding carboxylic acids is 2. The van der Waals surface area contributed by atoms with Crippen molar-refractivity contribution in [2.45, 2.75) is 38.5 Å². The van der Waals surface area contributed by atoms with Crippen molar-refractivity contribution >= 4 is 23.6 Å². The Hall–Kier alpha value is -1.69. The van der Waals surface area contributed by atoms with Crippen molar-refractivity contribution in [3.63, 3.8) is 0 Å². The first-order valence-electron chi connectivity index (χ1n) is 8.45. The van der Waals surface area contributed by atoms with Crippen LogP contribution < -0.4 is 4.74 Å². The van der Waals surface area contributed by atoms with E-state index < -0.39 is 0 Å². The molecule has 1 amide bonds. The zero-order valence-corrected chi connectivity index (χ0v) is 15.1. The molecule has 0 spiro atoms. The average molecular weight is 351 g/mol. The van der Waals surface area contributed by atoms with Gasteiger partial charge in [0.05, 0.1) is 19.0 Å². The third kappa shape index (κ3) is 4.90. The lowest BCUT2D eigenvalue weighted by atomic mass is 10.2. The number of hydrogen-bond acceptors (Lipinski definition) is 5. The maximum atomic E-state index is 12.2. The number of unbranched alkanes of at least 4 members (excludes halogenated alkanes) is 2. The highest BCUT2D eigenvalue weighted by molar-refractivity contribution is 8.00. The number of amides is 1. The van der Waals surface area contributed by atoms with Crippen molar-refractivity contribution in [2.75, 3.05) is 25.5 Å². The Morgan fingerprint density at radius 1 is 1.29 bits per heavy atom. The van der Waals surface area contributed by atoms with Gasteiger partial charge in [-0.2, -0.15) is 0 Å². The molecule has 1 aliphatic heterocycles. The molecule has 1 aromatic carbocycles. The van der Waals surface area contributed by atoms with Gasteiger partial charge in [-0.15, -0.1) is 11.8 Å². The number of ether oxygens (including phenoxy) is 2. The van der Waals surface area contributed by atoms with Gasteiger partial charge in [-0.05, 0) is 19.4 Å². The highest BCUT2D eigenvalue weighted by atomic mass is 32.2. The Morgan fingerprint density at radius 3 is 2.83 bits per heavy atom. The Balaban J connectivity index is 2.02. The van der Waals surface area contributed by atoms with Crippen LogP contribution in [0.4, 0.5) is 0 Å². The second-order valence-corrected chi connectivity index (χ2v) is 6.65. The zero-order chi connectivity index (χ0) is 17.4. The summed E-state index contributed by atoms with van der Waals surface area (Å²) in [6.07, 6.45) is 2.98. The molecule has 0 saturated carbocycles. The standard InChI is InChI=1S/C18H25NO4S/c1-3-5-8-11-23-17(21)12-19-16(20)13-24-18(19)14-9-6-7-10-15(14)22-4-2/h6-7,9-10,18H,3-5,8,11-13H2,1-2H3. The van der Waals surface area contributed by atoms with Crippen LogP contribution in [0.3, 0.4) is 0 Å². The van der Waals surface area contributed by atoms with E-state index in [-0.39, 0.29) is 23.8 Å². The smallest absolute Gasteiger partial charge is 0.325 e. The highest BCUT2D eigenvalue weighted by Crippen LogP contribution is 2.42. The molecular weight excluding hydrogens is 326 g/mol. The summed E-state index contributed by atoms with van der Waals surface area (Å²) in [4.78, 5) is 25.8. The van der Waals surface area contributed by atoms with Crippen molar-refractivity contribution < 1.29 is 19.1 Å². The second-order valence-electron chi connectivity index (χ2n) is 5.58. The largest absolute Gasteiger partial charge is 0.493 e. The van der Waals surface area contributed by atoms with E-state index in [1.807, 2.05) is 31.2 Å². The van der Waals surface area contributed by atoms with E-state index in [2.05, 4.69) is 6.92 Å². The number of nitrogens with zero attached hydrogens (tertiary/aromatic N) is 1. The molecule has 6 heteroatoms. The molecule has 0 aliphatic carbocycles. The van der Waals surface area contributed by atoms with Crippen LogP contribution in [0.2, 0.25) is 0 Å². The van der Waals surface area contributed by atoms with Gasteiger partial charge in [0, 0.05) is 5.56 Å². The predicted molar refractivity (Wildman–Crippen MR) is 95.0 cm³/mol. The van der Waals surface area contributed by atoms with E-state index >= 15 is 0 Å². The molecule has 0 aromatic heterocycles. The van der Waals surface area contributed by atoms with E-state index in [0.717, 1.165) is 30.6 Å². The number of benzene rings is 1. The SMILES string of the molecule is CCCCCOC(=O)CN1C(=O)CSC1c1ccccc1OCC. The summed E-state index contributed by atoms with van der Waals surface area (Å²) in [5.41, 5.74) is 0.925. The van der Waals surface area contributed by atoms with Crippen molar-refractivity contribution in [1.29, 1.82) is 0 Å². The molecule has 1 unspecified atom stereocenters. The van der Waals surface area contributed by atoms with E-state index in [1.54, 1.807) is 4.90 Å². The minimum Gasteiger partial charge on any atom is -0.493 e. The first kappa shape index (κ1) is 18.6. The van der Waals surface area contributed by atoms with Gasteiger partial charge in [0.25, 0.3) is 0 Å². The summed E-state index contributed by atoms with van der Waals surface area (Å²) in [5, 5.41) is -0.205. The van der Waals surface area contributed by atoms with Crippen LogP contribution in [0.25, 0.3) is 0 Å². The molecule has 1 fully saturated rings. The molecule has 2 rings (SSSR count). The minimum absolute atomic E-state index is 0.0108. The van der Waals surface area contributed by atoms with Crippen molar-refractivity contribution in [3.05, 3.63) is 29.8 Å². The number of para-hydroxylation sites is 1. The average Bonchev–Trinajstić information content (AvgIpc) is 2.93. The molecule has 0 radical (unpaired) electrons. The molecular formula is C18H25NO4S. The van der Waals surface area contributed by atoms with Gasteiger partial charge < -0.3 is 14.4 Å². The first-order chi connectivity index (χ1) is 11.7. The Bertz CT molecular complexity index is 564. The molecule has 0 bridgehead atoms. The molecule has 1 heterocycles.